The normalized spacial score (nSPS) is 11.5. The van der Waals surface area contributed by atoms with Crippen molar-refractivity contribution < 1.29 is 9.47 Å². The fourth-order valence-electron chi connectivity index (χ4n) is 2.85. The Labute approximate surface area is 165 Å². The molecule has 146 valence electrons. The summed E-state index contributed by atoms with van der Waals surface area (Å²) in [5.41, 5.74) is 2.31. The lowest BCUT2D eigenvalue weighted by Crippen LogP contribution is -2.12. The number of rotatable bonds is 9. The quantitative estimate of drug-likeness (QED) is 0.586. The Bertz CT molecular complexity index is 889. The van der Waals surface area contributed by atoms with Gasteiger partial charge in [0.15, 0.2) is 17.3 Å². The molecule has 0 saturated carbocycles. The number of benzene rings is 2. The van der Waals surface area contributed by atoms with Gasteiger partial charge in [0.1, 0.15) is 0 Å². The Morgan fingerprint density at radius 2 is 1.79 bits per heavy atom. The lowest BCUT2D eigenvalue weighted by Gasteiger charge is -2.15. The van der Waals surface area contributed by atoms with E-state index in [4.69, 9.17) is 9.47 Å². The molecule has 3 rings (SSSR count). The molecule has 7 nitrogen and oxygen atoms in total. The first-order valence-corrected chi connectivity index (χ1v) is 9.15. The molecule has 0 bridgehead atoms. The van der Waals surface area contributed by atoms with E-state index in [0.717, 1.165) is 23.5 Å². The minimum Gasteiger partial charge on any atom is -0.493 e. The van der Waals surface area contributed by atoms with Crippen LogP contribution in [0.15, 0.2) is 54.7 Å². The Hall–Kier alpha value is -3.35. The van der Waals surface area contributed by atoms with Crippen molar-refractivity contribution in [3.63, 3.8) is 0 Å². The van der Waals surface area contributed by atoms with Crippen molar-refractivity contribution in [2.75, 3.05) is 31.4 Å². The summed E-state index contributed by atoms with van der Waals surface area (Å²) in [6.45, 7) is 2.76. The summed E-state index contributed by atoms with van der Waals surface area (Å²) in [4.78, 5) is 4.49. The van der Waals surface area contributed by atoms with Gasteiger partial charge in [-0.1, -0.05) is 36.4 Å². The van der Waals surface area contributed by atoms with Gasteiger partial charge in [-0.3, -0.25) is 0 Å². The predicted octanol–water partition coefficient (Wildman–Crippen LogP) is 3.72. The highest BCUT2D eigenvalue weighted by Gasteiger charge is 2.08. The number of hydrogen-bond donors (Lipinski definition) is 2. The summed E-state index contributed by atoms with van der Waals surface area (Å²) in [5, 5.41) is 14.7. The van der Waals surface area contributed by atoms with Crippen molar-refractivity contribution in [1.29, 1.82) is 0 Å². The number of anilines is 2. The summed E-state index contributed by atoms with van der Waals surface area (Å²) >= 11 is 0. The van der Waals surface area contributed by atoms with E-state index in [-0.39, 0.29) is 6.04 Å². The first-order chi connectivity index (χ1) is 13.7. The molecule has 0 radical (unpaired) electrons. The third-order valence-electron chi connectivity index (χ3n) is 4.37. The van der Waals surface area contributed by atoms with Gasteiger partial charge < -0.3 is 20.1 Å². The molecule has 0 saturated heterocycles. The maximum absolute atomic E-state index is 5.34. The highest BCUT2D eigenvalue weighted by atomic mass is 16.5. The first kappa shape index (κ1) is 19.4. The van der Waals surface area contributed by atoms with E-state index in [2.05, 4.69) is 44.9 Å². The summed E-state index contributed by atoms with van der Waals surface area (Å²) < 4.78 is 10.6. The molecule has 2 N–H and O–H groups in total. The van der Waals surface area contributed by atoms with Crippen molar-refractivity contribution in [3.8, 4) is 11.5 Å². The SMILES string of the molecule is COc1ccc(CCNc2nncc(NC(C)c3ccccc3)n2)cc1OC. The van der Waals surface area contributed by atoms with Crippen LogP contribution in [0.25, 0.3) is 0 Å². The number of nitrogens with zero attached hydrogens (tertiary/aromatic N) is 3. The molecule has 1 aromatic heterocycles. The topological polar surface area (TPSA) is 81.2 Å². The van der Waals surface area contributed by atoms with Crippen LogP contribution in [0.3, 0.4) is 0 Å². The van der Waals surface area contributed by atoms with Crippen LogP contribution in [-0.2, 0) is 6.42 Å². The van der Waals surface area contributed by atoms with E-state index < -0.39 is 0 Å². The number of hydrogen-bond acceptors (Lipinski definition) is 7. The van der Waals surface area contributed by atoms with Crippen molar-refractivity contribution in [3.05, 3.63) is 65.9 Å². The van der Waals surface area contributed by atoms with Crippen LogP contribution in [0.2, 0.25) is 0 Å². The Morgan fingerprint density at radius 1 is 1.00 bits per heavy atom. The van der Waals surface area contributed by atoms with Crippen LogP contribution in [0.4, 0.5) is 11.8 Å². The Balaban J connectivity index is 1.56. The highest BCUT2D eigenvalue weighted by molar-refractivity contribution is 5.43. The average Bonchev–Trinajstić information content (AvgIpc) is 2.74. The Morgan fingerprint density at radius 3 is 2.54 bits per heavy atom. The molecule has 3 aromatic rings. The minimum absolute atomic E-state index is 0.123. The standard InChI is InChI=1S/C21H25N5O2/c1-15(17-7-5-4-6-8-17)24-20-14-23-26-21(25-20)22-12-11-16-9-10-18(27-2)19(13-16)28-3/h4-10,13-15H,11-12H2,1-3H3,(H2,22,24,25,26). The lowest BCUT2D eigenvalue weighted by atomic mass is 10.1. The molecule has 2 aromatic carbocycles. The molecule has 0 aliphatic carbocycles. The van der Waals surface area contributed by atoms with Crippen LogP contribution < -0.4 is 20.1 Å². The number of nitrogens with one attached hydrogen (secondary N) is 2. The zero-order chi connectivity index (χ0) is 19.8. The molecule has 28 heavy (non-hydrogen) atoms. The Kier molecular flexibility index (Phi) is 6.62. The van der Waals surface area contributed by atoms with Crippen molar-refractivity contribution in [2.45, 2.75) is 19.4 Å². The predicted molar refractivity (Wildman–Crippen MR) is 110 cm³/mol. The number of ether oxygens (including phenoxy) is 2. The van der Waals surface area contributed by atoms with Gasteiger partial charge >= 0.3 is 0 Å². The molecule has 0 aliphatic rings. The molecule has 7 heteroatoms. The lowest BCUT2D eigenvalue weighted by molar-refractivity contribution is 0.354. The number of methoxy groups -OCH3 is 2. The van der Waals surface area contributed by atoms with Crippen molar-refractivity contribution in [2.24, 2.45) is 0 Å². The maximum atomic E-state index is 5.34. The number of aromatic nitrogens is 3. The fourth-order valence-corrected chi connectivity index (χ4v) is 2.85. The average molecular weight is 379 g/mol. The third-order valence-corrected chi connectivity index (χ3v) is 4.37. The van der Waals surface area contributed by atoms with Crippen LogP contribution in [0.1, 0.15) is 24.1 Å². The monoisotopic (exact) mass is 379 g/mol. The fraction of sp³-hybridized carbons (Fsp3) is 0.286. The first-order valence-electron chi connectivity index (χ1n) is 9.15. The van der Waals surface area contributed by atoms with E-state index in [9.17, 15) is 0 Å². The van der Waals surface area contributed by atoms with Crippen LogP contribution >= 0.6 is 0 Å². The molecule has 0 aliphatic heterocycles. The van der Waals surface area contributed by atoms with E-state index >= 15 is 0 Å². The summed E-state index contributed by atoms with van der Waals surface area (Å²) in [6, 6.07) is 16.2. The maximum Gasteiger partial charge on any atom is 0.244 e. The molecule has 0 spiro atoms. The molecule has 1 atom stereocenters. The van der Waals surface area contributed by atoms with E-state index in [1.165, 1.54) is 5.56 Å². The molecule has 1 unspecified atom stereocenters. The van der Waals surface area contributed by atoms with Crippen LogP contribution in [0.5, 0.6) is 11.5 Å². The van der Waals surface area contributed by atoms with Gasteiger partial charge in [-0.2, -0.15) is 10.1 Å². The van der Waals surface area contributed by atoms with Gasteiger partial charge in [0.05, 0.1) is 20.4 Å². The van der Waals surface area contributed by atoms with Gasteiger partial charge in [0.25, 0.3) is 0 Å². The molecule has 0 fully saturated rings. The van der Waals surface area contributed by atoms with Gasteiger partial charge in [-0.05, 0) is 36.6 Å². The zero-order valence-electron chi connectivity index (χ0n) is 16.3. The molecular weight excluding hydrogens is 354 g/mol. The second-order valence-corrected chi connectivity index (χ2v) is 6.31. The minimum atomic E-state index is 0.123. The highest BCUT2D eigenvalue weighted by Crippen LogP contribution is 2.27. The van der Waals surface area contributed by atoms with Gasteiger partial charge in [-0.25, -0.2) is 0 Å². The zero-order valence-corrected chi connectivity index (χ0v) is 16.3. The van der Waals surface area contributed by atoms with Gasteiger partial charge in [0, 0.05) is 12.6 Å². The summed E-state index contributed by atoms with van der Waals surface area (Å²) in [5.74, 6) is 2.61. The second kappa shape index (κ2) is 9.55. The van der Waals surface area contributed by atoms with Crippen LogP contribution in [0, 0.1) is 0 Å². The second-order valence-electron chi connectivity index (χ2n) is 6.31. The van der Waals surface area contributed by atoms with Gasteiger partial charge in [-0.15, -0.1) is 5.10 Å². The largest absolute Gasteiger partial charge is 0.493 e. The van der Waals surface area contributed by atoms with Gasteiger partial charge in [0.2, 0.25) is 5.95 Å². The van der Waals surface area contributed by atoms with Crippen molar-refractivity contribution >= 4 is 11.8 Å². The molecule has 1 heterocycles. The van der Waals surface area contributed by atoms with Crippen LogP contribution in [-0.4, -0.2) is 35.9 Å². The van der Waals surface area contributed by atoms with E-state index in [1.807, 2.05) is 36.4 Å². The molecular formula is C21H25N5O2. The summed E-state index contributed by atoms with van der Waals surface area (Å²) in [7, 11) is 3.26. The summed E-state index contributed by atoms with van der Waals surface area (Å²) in [6.07, 6.45) is 2.42. The van der Waals surface area contributed by atoms with E-state index in [1.54, 1.807) is 20.4 Å². The molecule has 0 amide bonds. The smallest absolute Gasteiger partial charge is 0.244 e. The third kappa shape index (κ3) is 5.09. The van der Waals surface area contributed by atoms with Crippen molar-refractivity contribution in [1.82, 2.24) is 15.2 Å². The van der Waals surface area contributed by atoms with E-state index in [0.29, 0.717) is 18.3 Å².